The van der Waals surface area contributed by atoms with Crippen molar-refractivity contribution >= 4 is 11.6 Å². The van der Waals surface area contributed by atoms with Crippen molar-refractivity contribution < 1.29 is 19.4 Å². The van der Waals surface area contributed by atoms with Gasteiger partial charge in [-0.2, -0.15) is 0 Å². The van der Waals surface area contributed by atoms with Gasteiger partial charge in [0, 0.05) is 11.1 Å². The molecule has 1 atom stereocenters. The highest BCUT2D eigenvalue weighted by atomic mass is 16.5. The molecule has 4 heteroatoms. The number of carbonyl (C=O) groups excluding carboxylic acids is 2. The molecule has 1 aromatic rings. The van der Waals surface area contributed by atoms with Gasteiger partial charge in [0.05, 0.1) is 6.61 Å². The van der Waals surface area contributed by atoms with Crippen LogP contribution in [0.1, 0.15) is 34.6 Å². The zero-order valence-electron chi connectivity index (χ0n) is 9.77. The van der Waals surface area contributed by atoms with Crippen molar-refractivity contribution in [2.24, 2.45) is 5.92 Å². The Morgan fingerprint density at radius 3 is 2.53 bits per heavy atom. The summed E-state index contributed by atoms with van der Waals surface area (Å²) in [5, 5.41) is 9.36. The quantitative estimate of drug-likeness (QED) is 0.804. The second-order valence-electron chi connectivity index (χ2n) is 4.54. The standard InChI is InChI=1S/C13H14O4/c1-7(2)6-17-8-3-4-9-10(5-8)12(15)13(16)11(9)14/h3-5,7,13,16H,6H2,1-2H3. The van der Waals surface area contributed by atoms with Crippen LogP contribution in [0.15, 0.2) is 18.2 Å². The normalized spacial score (nSPS) is 18.7. The number of hydrogen-bond donors (Lipinski definition) is 1. The first kappa shape index (κ1) is 11.8. The predicted molar refractivity (Wildman–Crippen MR) is 61.4 cm³/mol. The fourth-order valence-corrected chi connectivity index (χ4v) is 1.71. The summed E-state index contributed by atoms with van der Waals surface area (Å²) < 4.78 is 5.47. The number of ether oxygens (including phenoxy) is 1. The molecule has 0 amide bonds. The van der Waals surface area contributed by atoms with E-state index in [4.69, 9.17) is 4.74 Å². The molecule has 0 spiro atoms. The van der Waals surface area contributed by atoms with Crippen molar-refractivity contribution in [1.29, 1.82) is 0 Å². The van der Waals surface area contributed by atoms with Crippen molar-refractivity contribution in [1.82, 2.24) is 0 Å². The molecule has 0 saturated carbocycles. The number of fused-ring (bicyclic) bond motifs is 1. The summed E-state index contributed by atoms with van der Waals surface area (Å²) in [6.07, 6.45) is -1.54. The molecule has 0 heterocycles. The van der Waals surface area contributed by atoms with Gasteiger partial charge in [-0.25, -0.2) is 0 Å². The van der Waals surface area contributed by atoms with Gasteiger partial charge in [-0.1, -0.05) is 13.8 Å². The molecular formula is C13H14O4. The maximum absolute atomic E-state index is 11.6. The van der Waals surface area contributed by atoms with E-state index in [0.717, 1.165) is 0 Å². The third-order valence-corrected chi connectivity index (χ3v) is 2.60. The lowest BCUT2D eigenvalue weighted by molar-refractivity contribution is 0.0663. The summed E-state index contributed by atoms with van der Waals surface area (Å²) >= 11 is 0. The number of carbonyl (C=O) groups is 2. The van der Waals surface area contributed by atoms with Crippen molar-refractivity contribution in [3.63, 3.8) is 0 Å². The highest BCUT2D eigenvalue weighted by molar-refractivity contribution is 6.28. The predicted octanol–water partition coefficient (Wildman–Crippen LogP) is 1.46. The molecule has 1 aliphatic carbocycles. The molecule has 0 fully saturated rings. The van der Waals surface area contributed by atoms with Crippen LogP contribution in [0.3, 0.4) is 0 Å². The average Bonchev–Trinajstić information content (AvgIpc) is 2.52. The van der Waals surface area contributed by atoms with E-state index in [2.05, 4.69) is 0 Å². The van der Waals surface area contributed by atoms with Crippen LogP contribution >= 0.6 is 0 Å². The van der Waals surface area contributed by atoms with Gasteiger partial charge < -0.3 is 9.84 Å². The summed E-state index contributed by atoms with van der Waals surface area (Å²) in [5.74, 6) is -0.140. The van der Waals surface area contributed by atoms with Crippen molar-refractivity contribution in [2.75, 3.05) is 6.61 Å². The Kier molecular flexibility index (Phi) is 2.98. The Morgan fingerprint density at radius 2 is 1.88 bits per heavy atom. The van der Waals surface area contributed by atoms with E-state index in [1.165, 1.54) is 12.1 Å². The van der Waals surface area contributed by atoms with E-state index in [1.807, 2.05) is 13.8 Å². The zero-order chi connectivity index (χ0) is 12.6. The highest BCUT2D eigenvalue weighted by Gasteiger charge is 2.37. The molecule has 1 unspecified atom stereocenters. The van der Waals surface area contributed by atoms with Gasteiger partial charge >= 0.3 is 0 Å². The van der Waals surface area contributed by atoms with E-state index in [1.54, 1.807) is 6.07 Å². The van der Waals surface area contributed by atoms with Crippen LogP contribution in [-0.4, -0.2) is 29.4 Å². The lowest BCUT2D eigenvalue weighted by atomic mass is 10.1. The van der Waals surface area contributed by atoms with E-state index in [-0.39, 0.29) is 11.1 Å². The number of Topliss-reactive ketones (excluding diaryl/α,β-unsaturated/α-hetero) is 2. The molecule has 1 aromatic carbocycles. The molecule has 1 N–H and O–H groups in total. The van der Waals surface area contributed by atoms with Gasteiger partial charge in [-0.15, -0.1) is 0 Å². The first-order valence-electron chi connectivity index (χ1n) is 5.54. The maximum atomic E-state index is 11.6. The van der Waals surface area contributed by atoms with Crippen LogP contribution in [0.2, 0.25) is 0 Å². The number of benzene rings is 1. The molecule has 2 rings (SSSR count). The summed E-state index contributed by atoms with van der Waals surface area (Å²) in [7, 11) is 0. The van der Waals surface area contributed by atoms with E-state index < -0.39 is 17.7 Å². The fourth-order valence-electron chi connectivity index (χ4n) is 1.71. The van der Waals surface area contributed by atoms with Gasteiger partial charge in [-0.05, 0) is 24.1 Å². The smallest absolute Gasteiger partial charge is 0.200 e. The van der Waals surface area contributed by atoms with Crippen LogP contribution < -0.4 is 4.74 Å². The Hall–Kier alpha value is -1.68. The van der Waals surface area contributed by atoms with Crippen LogP contribution in [0.25, 0.3) is 0 Å². The molecule has 0 aromatic heterocycles. The zero-order valence-corrected chi connectivity index (χ0v) is 9.77. The Morgan fingerprint density at radius 1 is 1.24 bits per heavy atom. The number of rotatable bonds is 3. The maximum Gasteiger partial charge on any atom is 0.200 e. The van der Waals surface area contributed by atoms with Crippen molar-refractivity contribution in [3.8, 4) is 5.75 Å². The first-order chi connectivity index (χ1) is 8.00. The molecule has 17 heavy (non-hydrogen) atoms. The monoisotopic (exact) mass is 234 g/mol. The highest BCUT2D eigenvalue weighted by Crippen LogP contribution is 2.26. The summed E-state index contributed by atoms with van der Waals surface area (Å²) in [6.45, 7) is 4.58. The Balaban J connectivity index is 2.27. The van der Waals surface area contributed by atoms with E-state index in [9.17, 15) is 14.7 Å². The van der Waals surface area contributed by atoms with Crippen molar-refractivity contribution in [2.45, 2.75) is 20.0 Å². The van der Waals surface area contributed by atoms with Gasteiger partial charge in [0.15, 0.2) is 17.7 Å². The third-order valence-electron chi connectivity index (χ3n) is 2.60. The second kappa shape index (κ2) is 4.30. The van der Waals surface area contributed by atoms with Gasteiger partial charge in [0.2, 0.25) is 0 Å². The molecule has 4 nitrogen and oxygen atoms in total. The first-order valence-corrected chi connectivity index (χ1v) is 5.54. The largest absolute Gasteiger partial charge is 0.493 e. The van der Waals surface area contributed by atoms with Crippen LogP contribution in [0.5, 0.6) is 5.75 Å². The van der Waals surface area contributed by atoms with Gasteiger partial charge in [0.1, 0.15) is 5.75 Å². The van der Waals surface area contributed by atoms with Crippen LogP contribution in [0.4, 0.5) is 0 Å². The lowest BCUT2D eigenvalue weighted by Crippen LogP contribution is -2.20. The minimum atomic E-state index is -1.54. The third kappa shape index (κ3) is 2.08. The van der Waals surface area contributed by atoms with Crippen molar-refractivity contribution in [3.05, 3.63) is 29.3 Å². The summed E-state index contributed by atoms with van der Waals surface area (Å²) in [5.41, 5.74) is 0.531. The second-order valence-corrected chi connectivity index (χ2v) is 4.54. The summed E-state index contributed by atoms with van der Waals surface area (Å²) in [6, 6.07) is 4.69. The lowest BCUT2D eigenvalue weighted by Gasteiger charge is -2.09. The van der Waals surface area contributed by atoms with E-state index >= 15 is 0 Å². The molecule has 0 radical (unpaired) electrons. The topological polar surface area (TPSA) is 63.6 Å². The Labute approximate surface area is 99.2 Å². The number of hydrogen-bond acceptors (Lipinski definition) is 4. The van der Waals surface area contributed by atoms with Gasteiger partial charge in [0.25, 0.3) is 0 Å². The molecule has 0 saturated heterocycles. The number of aliphatic hydroxyl groups excluding tert-OH is 1. The molecule has 1 aliphatic rings. The van der Waals surface area contributed by atoms with E-state index in [0.29, 0.717) is 18.3 Å². The van der Waals surface area contributed by atoms with Gasteiger partial charge in [-0.3, -0.25) is 9.59 Å². The molecule has 0 bridgehead atoms. The van der Waals surface area contributed by atoms with Crippen LogP contribution in [-0.2, 0) is 0 Å². The number of ketones is 2. The molecule has 0 aliphatic heterocycles. The minimum Gasteiger partial charge on any atom is -0.493 e. The summed E-state index contributed by atoms with van der Waals surface area (Å²) in [4.78, 5) is 23.0. The van der Waals surface area contributed by atoms with Crippen LogP contribution in [0, 0.1) is 5.92 Å². The SMILES string of the molecule is CC(C)COc1ccc2c(c1)C(=O)C(O)C2=O. The number of aliphatic hydroxyl groups is 1. The molecule has 90 valence electrons. The molecular weight excluding hydrogens is 220 g/mol. The Bertz CT molecular complexity index is 476. The fraction of sp³-hybridized carbons (Fsp3) is 0.385. The average molecular weight is 234 g/mol. The minimum absolute atomic E-state index is 0.253.